The SMILES string of the molecule is CCCc1cc(Oc2ccccc2)ccc1OCCCSc1ccc(C2CSCN2)cc1Cl. The molecule has 0 spiro atoms. The van der Waals surface area contributed by atoms with E-state index in [9.17, 15) is 0 Å². The van der Waals surface area contributed by atoms with Crippen molar-refractivity contribution in [2.45, 2.75) is 37.1 Å². The van der Waals surface area contributed by atoms with Gasteiger partial charge >= 0.3 is 0 Å². The van der Waals surface area contributed by atoms with Gasteiger partial charge in [-0.1, -0.05) is 49.2 Å². The monoisotopic (exact) mass is 499 g/mol. The molecule has 0 aliphatic carbocycles. The summed E-state index contributed by atoms with van der Waals surface area (Å²) < 4.78 is 12.1. The summed E-state index contributed by atoms with van der Waals surface area (Å²) in [5.74, 6) is 5.73. The van der Waals surface area contributed by atoms with E-state index < -0.39 is 0 Å². The molecule has 0 amide bonds. The van der Waals surface area contributed by atoms with Crippen LogP contribution in [0.1, 0.15) is 36.9 Å². The van der Waals surface area contributed by atoms with Gasteiger partial charge in [0, 0.05) is 28.3 Å². The summed E-state index contributed by atoms with van der Waals surface area (Å²) in [6.45, 7) is 2.86. The van der Waals surface area contributed by atoms with Crippen molar-refractivity contribution in [2.24, 2.45) is 0 Å². The van der Waals surface area contributed by atoms with Gasteiger partial charge < -0.3 is 14.8 Å². The van der Waals surface area contributed by atoms with Gasteiger partial charge in [-0.05, 0) is 66.4 Å². The summed E-state index contributed by atoms with van der Waals surface area (Å²) in [6, 6.07) is 22.9. The summed E-state index contributed by atoms with van der Waals surface area (Å²) in [4.78, 5) is 1.14. The lowest BCUT2D eigenvalue weighted by atomic mass is 10.1. The summed E-state index contributed by atoms with van der Waals surface area (Å²) in [6.07, 6.45) is 2.98. The molecule has 1 aliphatic heterocycles. The first-order valence-corrected chi connectivity index (χ1v) is 14.0. The predicted octanol–water partition coefficient (Wildman–Crippen LogP) is 7.98. The van der Waals surface area contributed by atoms with Crippen LogP contribution in [-0.4, -0.2) is 24.0 Å². The van der Waals surface area contributed by atoms with Crippen molar-refractivity contribution < 1.29 is 9.47 Å². The number of rotatable bonds is 11. The zero-order valence-corrected chi connectivity index (χ0v) is 21.3. The molecular formula is C27H30ClNO2S2. The molecule has 0 radical (unpaired) electrons. The zero-order valence-electron chi connectivity index (χ0n) is 18.9. The van der Waals surface area contributed by atoms with Crippen LogP contribution in [0.4, 0.5) is 0 Å². The molecule has 6 heteroatoms. The first-order valence-electron chi connectivity index (χ1n) is 11.4. The minimum atomic E-state index is 0.418. The summed E-state index contributed by atoms with van der Waals surface area (Å²) >= 11 is 10.3. The van der Waals surface area contributed by atoms with Crippen molar-refractivity contribution in [1.82, 2.24) is 5.32 Å². The molecule has 1 aliphatic rings. The Morgan fingerprint density at radius 1 is 1.06 bits per heavy atom. The molecule has 3 nitrogen and oxygen atoms in total. The number of halogens is 1. The lowest BCUT2D eigenvalue weighted by Gasteiger charge is -2.14. The van der Waals surface area contributed by atoms with Crippen molar-refractivity contribution >= 4 is 35.1 Å². The van der Waals surface area contributed by atoms with Crippen LogP contribution in [-0.2, 0) is 6.42 Å². The molecule has 1 atom stereocenters. The molecule has 0 saturated carbocycles. The maximum atomic E-state index is 6.55. The van der Waals surface area contributed by atoms with Crippen LogP contribution in [0.2, 0.25) is 5.02 Å². The summed E-state index contributed by atoms with van der Waals surface area (Å²) in [5, 5.41) is 4.34. The van der Waals surface area contributed by atoms with Crippen molar-refractivity contribution in [2.75, 3.05) is 24.0 Å². The van der Waals surface area contributed by atoms with Crippen molar-refractivity contribution in [3.05, 3.63) is 82.9 Å². The average molecular weight is 500 g/mol. The maximum Gasteiger partial charge on any atom is 0.127 e. The third-order valence-electron chi connectivity index (χ3n) is 5.41. The van der Waals surface area contributed by atoms with Gasteiger partial charge in [-0.2, -0.15) is 0 Å². The number of aryl methyl sites for hydroxylation is 1. The molecule has 4 rings (SSSR count). The molecule has 1 fully saturated rings. The van der Waals surface area contributed by atoms with E-state index in [4.69, 9.17) is 21.1 Å². The van der Waals surface area contributed by atoms with Crippen LogP contribution in [0.3, 0.4) is 0 Å². The van der Waals surface area contributed by atoms with E-state index in [0.29, 0.717) is 12.6 Å². The Morgan fingerprint density at radius 2 is 1.94 bits per heavy atom. The third kappa shape index (κ3) is 7.10. The van der Waals surface area contributed by atoms with Gasteiger partial charge in [0.25, 0.3) is 0 Å². The second kappa shape index (κ2) is 12.6. The average Bonchev–Trinajstić information content (AvgIpc) is 3.37. The highest BCUT2D eigenvalue weighted by molar-refractivity contribution is 7.99. The van der Waals surface area contributed by atoms with E-state index in [1.165, 1.54) is 11.1 Å². The molecule has 3 aromatic rings. The van der Waals surface area contributed by atoms with E-state index in [1.54, 1.807) is 11.8 Å². The van der Waals surface area contributed by atoms with Gasteiger partial charge in [0.15, 0.2) is 0 Å². The van der Waals surface area contributed by atoms with Gasteiger partial charge in [0.2, 0.25) is 0 Å². The fourth-order valence-corrected chi connectivity index (χ4v) is 5.91. The van der Waals surface area contributed by atoms with Gasteiger partial charge in [0.1, 0.15) is 17.2 Å². The Hall–Kier alpha value is -1.79. The van der Waals surface area contributed by atoms with Crippen molar-refractivity contribution in [1.29, 1.82) is 0 Å². The number of ether oxygens (including phenoxy) is 2. The fourth-order valence-electron chi connectivity index (χ4n) is 3.73. The van der Waals surface area contributed by atoms with Gasteiger partial charge in [-0.25, -0.2) is 0 Å². The van der Waals surface area contributed by atoms with E-state index in [2.05, 4.69) is 36.5 Å². The number of benzene rings is 3. The first kappa shape index (κ1) is 24.3. The van der Waals surface area contributed by atoms with E-state index >= 15 is 0 Å². The molecule has 33 heavy (non-hydrogen) atoms. The lowest BCUT2D eigenvalue weighted by molar-refractivity contribution is 0.314. The van der Waals surface area contributed by atoms with Gasteiger partial charge in [0.05, 0.1) is 11.6 Å². The minimum absolute atomic E-state index is 0.418. The molecule has 1 saturated heterocycles. The van der Waals surface area contributed by atoms with Crippen LogP contribution in [0.25, 0.3) is 0 Å². The van der Waals surface area contributed by atoms with E-state index in [1.807, 2.05) is 54.2 Å². The quantitative estimate of drug-likeness (QED) is 0.213. The number of thioether (sulfide) groups is 2. The van der Waals surface area contributed by atoms with Crippen molar-refractivity contribution in [3.8, 4) is 17.2 Å². The zero-order chi connectivity index (χ0) is 22.9. The standard InChI is InChI=1S/C27H30ClNO2S2/c1-2-7-21-16-23(31-22-8-4-3-5-9-22)11-12-26(21)30-14-6-15-33-27-13-10-20(17-24(27)28)25-18-32-19-29-25/h3-5,8-13,16-17,25,29H,2,6-7,14-15,18-19H2,1H3. The topological polar surface area (TPSA) is 30.5 Å². The van der Waals surface area contributed by atoms with Gasteiger partial charge in [-0.3, -0.25) is 0 Å². The Bertz CT molecular complexity index is 1030. The molecule has 1 unspecified atom stereocenters. The van der Waals surface area contributed by atoms with Crippen molar-refractivity contribution in [3.63, 3.8) is 0 Å². The third-order valence-corrected chi connectivity index (χ3v) is 7.93. The van der Waals surface area contributed by atoms with Crippen LogP contribution in [0, 0.1) is 0 Å². The number of nitrogens with one attached hydrogen (secondary N) is 1. The number of para-hydroxylation sites is 1. The van der Waals surface area contributed by atoms with E-state index in [-0.39, 0.29) is 0 Å². The largest absolute Gasteiger partial charge is 0.493 e. The normalized spacial score (nSPS) is 15.5. The van der Waals surface area contributed by atoms with Crippen LogP contribution < -0.4 is 14.8 Å². The fraction of sp³-hybridized carbons (Fsp3) is 0.333. The summed E-state index contributed by atoms with van der Waals surface area (Å²) in [5.41, 5.74) is 2.47. The smallest absolute Gasteiger partial charge is 0.127 e. The lowest BCUT2D eigenvalue weighted by Crippen LogP contribution is -2.14. The Morgan fingerprint density at radius 3 is 2.70 bits per heavy atom. The highest BCUT2D eigenvalue weighted by Crippen LogP contribution is 2.33. The Balaban J connectivity index is 1.26. The van der Waals surface area contributed by atoms with Crippen LogP contribution >= 0.6 is 35.1 Å². The highest BCUT2D eigenvalue weighted by atomic mass is 35.5. The highest BCUT2D eigenvalue weighted by Gasteiger charge is 2.17. The molecule has 0 aromatic heterocycles. The number of hydrogen-bond donors (Lipinski definition) is 1. The molecule has 3 aromatic carbocycles. The minimum Gasteiger partial charge on any atom is -0.493 e. The maximum absolute atomic E-state index is 6.55. The van der Waals surface area contributed by atoms with E-state index in [0.717, 1.165) is 63.8 Å². The second-order valence-electron chi connectivity index (χ2n) is 7.95. The molecule has 174 valence electrons. The summed E-state index contributed by atoms with van der Waals surface area (Å²) in [7, 11) is 0. The Kier molecular flexibility index (Phi) is 9.30. The molecule has 0 bridgehead atoms. The molecular weight excluding hydrogens is 470 g/mol. The van der Waals surface area contributed by atoms with Crippen LogP contribution in [0.5, 0.6) is 17.2 Å². The predicted molar refractivity (Wildman–Crippen MR) is 142 cm³/mol. The first-order chi connectivity index (χ1) is 16.2. The van der Waals surface area contributed by atoms with Crippen LogP contribution in [0.15, 0.2) is 71.6 Å². The molecule has 1 heterocycles. The second-order valence-corrected chi connectivity index (χ2v) is 10.5. The van der Waals surface area contributed by atoms with Gasteiger partial charge in [-0.15, -0.1) is 23.5 Å². The number of hydrogen-bond acceptors (Lipinski definition) is 5. The molecule has 1 N–H and O–H groups in total. The Labute approximate surface area is 210 Å².